The predicted octanol–water partition coefficient (Wildman–Crippen LogP) is 4.46. The number of nitrogens with one attached hydrogen (secondary N) is 1. The highest BCUT2D eigenvalue weighted by Crippen LogP contribution is 2.20. The summed E-state index contributed by atoms with van der Waals surface area (Å²) in [4.78, 5) is 4.49. The molecule has 0 saturated heterocycles. The third kappa shape index (κ3) is 2.50. The molecule has 0 atom stereocenters. The lowest BCUT2D eigenvalue weighted by Gasteiger charge is -2.11. The van der Waals surface area contributed by atoms with E-state index in [-0.39, 0.29) is 0 Å². The number of hydrogen-bond acceptors (Lipinski definition) is 2. The Hall–Kier alpha value is -2.35. The second-order valence-electron chi connectivity index (χ2n) is 5.16. The molecule has 2 heteroatoms. The summed E-state index contributed by atoms with van der Waals surface area (Å²) in [6, 6.07) is 16.9. The molecule has 20 heavy (non-hydrogen) atoms. The summed E-state index contributed by atoms with van der Waals surface area (Å²) in [5, 5.41) is 4.70. The molecule has 0 spiro atoms. The van der Waals surface area contributed by atoms with Crippen molar-refractivity contribution in [3.63, 3.8) is 0 Å². The van der Waals surface area contributed by atoms with Gasteiger partial charge in [-0.2, -0.15) is 0 Å². The average Bonchev–Trinajstić information content (AvgIpc) is 2.46. The minimum absolute atomic E-state index is 0.790. The van der Waals surface area contributed by atoms with Gasteiger partial charge >= 0.3 is 0 Å². The smallest absolute Gasteiger partial charge is 0.0751 e. The summed E-state index contributed by atoms with van der Waals surface area (Å²) in [7, 11) is 0. The van der Waals surface area contributed by atoms with Crippen LogP contribution in [0.5, 0.6) is 0 Å². The topological polar surface area (TPSA) is 24.9 Å². The second kappa shape index (κ2) is 5.33. The molecule has 0 amide bonds. The number of hydrogen-bond donors (Lipinski definition) is 1. The van der Waals surface area contributed by atoms with Crippen molar-refractivity contribution in [3.8, 4) is 0 Å². The number of rotatable bonds is 3. The molecule has 2 aromatic carbocycles. The van der Waals surface area contributed by atoms with Gasteiger partial charge in [-0.3, -0.25) is 4.98 Å². The fourth-order valence-corrected chi connectivity index (χ4v) is 2.51. The van der Waals surface area contributed by atoms with Gasteiger partial charge in [0.15, 0.2) is 0 Å². The number of benzene rings is 2. The Morgan fingerprint density at radius 3 is 2.70 bits per heavy atom. The fourth-order valence-electron chi connectivity index (χ4n) is 2.51. The van der Waals surface area contributed by atoms with Crippen molar-refractivity contribution in [2.45, 2.75) is 20.4 Å². The van der Waals surface area contributed by atoms with Crippen molar-refractivity contribution in [1.29, 1.82) is 0 Å². The first-order valence-electron chi connectivity index (χ1n) is 6.88. The summed E-state index contributed by atoms with van der Waals surface area (Å²) in [5.74, 6) is 0. The number of nitrogens with zero attached hydrogens (tertiary/aromatic N) is 1. The Balaban J connectivity index is 1.87. The Morgan fingerprint density at radius 2 is 1.85 bits per heavy atom. The molecular formula is C18H18N2. The van der Waals surface area contributed by atoms with E-state index in [1.807, 2.05) is 12.3 Å². The number of aryl methyl sites for hydroxylation is 2. The summed E-state index contributed by atoms with van der Waals surface area (Å²) in [6.45, 7) is 5.04. The number of para-hydroxylation sites is 1. The van der Waals surface area contributed by atoms with Crippen LogP contribution in [0.2, 0.25) is 0 Å². The van der Waals surface area contributed by atoms with Crippen LogP contribution >= 0.6 is 0 Å². The van der Waals surface area contributed by atoms with E-state index in [0.717, 1.165) is 12.1 Å². The molecule has 100 valence electrons. The van der Waals surface area contributed by atoms with Crippen molar-refractivity contribution in [2.75, 3.05) is 5.32 Å². The van der Waals surface area contributed by atoms with E-state index < -0.39 is 0 Å². The first-order chi connectivity index (χ1) is 9.74. The minimum atomic E-state index is 0.790. The van der Waals surface area contributed by atoms with E-state index in [2.05, 4.69) is 66.6 Å². The molecule has 2 nitrogen and oxygen atoms in total. The maximum absolute atomic E-state index is 4.49. The van der Waals surface area contributed by atoms with Crippen molar-refractivity contribution < 1.29 is 0 Å². The van der Waals surface area contributed by atoms with Gasteiger partial charge in [-0.05, 0) is 37.1 Å². The highest BCUT2D eigenvalue weighted by Gasteiger charge is 2.03. The summed E-state index contributed by atoms with van der Waals surface area (Å²) in [6.07, 6.45) is 1.85. The summed E-state index contributed by atoms with van der Waals surface area (Å²) < 4.78 is 0. The van der Waals surface area contributed by atoms with Gasteiger partial charge in [-0.1, -0.05) is 42.0 Å². The van der Waals surface area contributed by atoms with Crippen LogP contribution in [0.15, 0.2) is 54.7 Å². The number of aromatic nitrogens is 1. The third-order valence-corrected chi connectivity index (χ3v) is 3.57. The van der Waals surface area contributed by atoms with Gasteiger partial charge in [0.2, 0.25) is 0 Å². The highest BCUT2D eigenvalue weighted by atomic mass is 14.9. The zero-order valence-electron chi connectivity index (χ0n) is 11.9. The fraction of sp³-hybridized carbons (Fsp3) is 0.167. The van der Waals surface area contributed by atoms with Crippen LogP contribution in [0.1, 0.15) is 16.7 Å². The van der Waals surface area contributed by atoms with Crippen LogP contribution in [-0.4, -0.2) is 4.98 Å². The van der Waals surface area contributed by atoms with Crippen LogP contribution in [0.4, 0.5) is 5.69 Å². The van der Waals surface area contributed by atoms with Crippen LogP contribution in [0.25, 0.3) is 10.9 Å². The Labute approximate surface area is 119 Å². The molecular weight excluding hydrogens is 244 g/mol. The lowest BCUT2D eigenvalue weighted by Crippen LogP contribution is -2.02. The maximum atomic E-state index is 4.49. The van der Waals surface area contributed by atoms with Gasteiger partial charge in [-0.25, -0.2) is 0 Å². The molecule has 1 heterocycles. The number of fused-ring (bicyclic) bond motifs is 1. The molecule has 0 radical (unpaired) electrons. The van der Waals surface area contributed by atoms with Crippen molar-refractivity contribution in [2.24, 2.45) is 0 Å². The molecule has 1 aromatic heterocycles. The second-order valence-corrected chi connectivity index (χ2v) is 5.16. The van der Waals surface area contributed by atoms with Crippen molar-refractivity contribution >= 4 is 16.6 Å². The SMILES string of the molecule is Cc1ccc(NCc2cccc3cccnc23)c(C)c1. The quantitative estimate of drug-likeness (QED) is 0.753. The van der Waals surface area contributed by atoms with Gasteiger partial charge < -0.3 is 5.32 Å². The lowest BCUT2D eigenvalue weighted by atomic mass is 10.1. The molecule has 0 aliphatic rings. The molecule has 0 saturated carbocycles. The number of anilines is 1. The molecule has 3 rings (SSSR count). The van der Waals surface area contributed by atoms with E-state index in [1.54, 1.807) is 0 Å². The Kier molecular flexibility index (Phi) is 3.38. The van der Waals surface area contributed by atoms with E-state index in [4.69, 9.17) is 0 Å². The lowest BCUT2D eigenvalue weighted by molar-refractivity contribution is 1.14. The number of pyridine rings is 1. The normalized spacial score (nSPS) is 10.7. The summed E-state index contributed by atoms with van der Waals surface area (Å²) >= 11 is 0. The molecule has 0 fully saturated rings. The first-order valence-corrected chi connectivity index (χ1v) is 6.88. The van der Waals surface area contributed by atoms with E-state index >= 15 is 0 Å². The van der Waals surface area contributed by atoms with Gasteiger partial charge in [0.25, 0.3) is 0 Å². The monoisotopic (exact) mass is 262 g/mol. The zero-order chi connectivity index (χ0) is 13.9. The van der Waals surface area contributed by atoms with Crippen molar-refractivity contribution in [1.82, 2.24) is 4.98 Å². The Bertz CT molecular complexity index is 742. The van der Waals surface area contributed by atoms with Crippen LogP contribution < -0.4 is 5.32 Å². The van der Waals surface area contributed by atoms with E-state index in [0.29, 0.717) is 0 Å². The predicted molar refractivity (Wildman–Crippen MR) is 85.0 cm³/mol. The molecule has 3 aromatic rings. The standard InChI is InChI=1S/C18H18N2/c1-13-8-9-17(14(2)11-13)20-12-16-6-3-5-15-7-4-10-19-18(15)16/h3-11,20H,12H2,1-2H3. The zero-order valence-corrected chi connectivity index (χ0v) is 11.9. The largest absolute Gasteiger partial charge is 0.381 e. The average molecular weight is 262 g/mol. The summed E-state index contributed by atoms with van der Waals surface area (Å²) in [5.41, 5.74) is 6.05. The molecule has 0 bridgehead atoms. The van der Waals surface area contributed by atoms with Gasteiger partial charge in [0.1, 0.15) is 0 Å². The Morgan fingerprint density at radius 1 is 1.00 bits per heavy atom. The third-order valence-electron chi connectivity index (χ3n) is 3.57. The van der Waals surface area contributed by atoms with Gasteiger partial charge in [0, 0.05) is 23.8 Å². The molecule has 0 aliphatic carbocycles. The van der Waals surface area contributed by atoms with E-state index in [1.165, 1.54) is 27.8 Å². The molecule has 0 aliphatic heterocycles. The van der Waals surface area contributed by atoms with Gasteiger partial charge in [0.05, 0.1) is 5.52 Å². The van der Waals surface area contributed by atoms with Gasteiger partial charge in [-0.15, -0.1) is 0 Å². The van der Waals surface area contributed by atoms with Crippen LogP contribution in [-0.2, 0) is 6.54 Å². The maximum Gasteiger partial charge on any atom is 0.0751 e. The molecule has 0 unspecified atom stereocenters. The highest BCUT2D eigenvalue weighted by molar-refractivity contribution is 5.81. The van der Waals surface area contributed by atoms with E-state index in [9.17, 15) is 0 Å². The van der Waals surface area contributed by atoms with Crippen LogP contribution in [0.3, 0.4) is 0 Å². The van der Waals surface area contributed by atoms with Crippen LogP contribution in [0, 0.1) is 13.8 Å². The molecule has 1 N–H and O–H groups in total. The first kappa shape index (κ1) is 12.7. The minimum Gasteiger partial charge on any atom is -0.381 e. The van der Waals surface area contributed by atoms with Crippen molar-refractivity contribution in [3.05, 3.63) is 71.4 Å².